The van der Waals surface area contributed by atoms with Crippen LogP contribution in [0.25, 0.3) is 0 Å². The lowest BCUT2D eigenvalue weighted by atomic mass is 10.3. The van der Waals surface area contributed by atoms with Crippen LogP contribution < -0.4 is 18.1 Å². The van der Waals surface area contributed by atoms with E-state index in [1.54, 1.807) is 12.1 Å². The van der Waals surface area contributed by atoms with Gasteiger partial charge >= 0.3 is 0 Å². The fourth-order valence-corrected chi connectivity index (χ4v) is 1.42. The van der Waals surface area contributed by atoms with Crippen molar-refractivity contribution in [1.29, 1.82) is 0 Å². The van der Waals surface area contributed by atoms with Crippen LogP contribution in [-0.4, -0.2) is 14.7 Å². The highest BCUT2D eigenvalue weighted by Gasteiger charge is 2.05. The van der Waals surface area contributed by atoms with Gasteiger partial charge in [-0.15, -0.1) is 0 Å². The Morgan fingerprint density at radius 3 is 2.25 bits per heavy atom. The second kappa shape index (κ2) is 3.78. The van der Waals surface area contributed by atoms with Gasteiger partial charge in [0.25, 0.3) is 0 Å². The first-order valence-corrected chi connectivity index (χ1v) is 4.95. The molecule has 0 fully saturated rings. The number of hydrogen-bond acceptors (Lipinski definition) is 3. The normalized spacial score (nSPS) is 10.4. The zero-order valence-corrected chi connectivity index (χ0v) is 8.06. The lowest BCUT2D eigenvalue weighted by molar-refractivity contribution is -0.00000479. The molecule has 0 heterocycles. The number of nitrogen functional groups attached to an aromatic ring is 1. The van der Waals surface area contributed by atoms with E-state index in [0.717, 1.165) is 6.26 Å². The summed E-state index contributed by atoms with van der Waals surface area (Å²) in [6.45, 7) is 0. The Labute approximate surface area is 77.9 Å². The maximum Gasteiger partial charge on any atom is 0.175 e. The molecule has 5 heteroatoms. The quantitative estimate of drug-likeness (QED) is 0.525. The van der Waals surface area contributed by atoms with E-state index in [4.69, 9.17) is 5.73 Å². The van der Waals surface area contributed by atoms with Gasteiger partial charge in [0.05, 0.1) is 4.90 Å². The third-order valence-electron chi connectivity index (χ3n) is 1.29. The average Bonchev–Trinajstić information content (AvgIpc) is 1.86. The van der Waals surface area contributed by atoms with E-state index in [9.17, 15) is 8.42 Å². The third-order valence-corrected chi connectivity index (χ3v) is 2.40. The van der Waals surface area contributed by atoms with Crippen LogP contribution in [0.3, 0.4) is 0 Å². The van der Waals surface area contributed by atoms with Gasteiger partial charge < -0.3 is 18.1 Å². The molecular weight excluding hydrogens is 198 g/mol. The zero-order chi connectivity index (χ0) is 8.48. The Hall–Kier alpha value is -0.740. The van der Waals surface area contributed by atoms with Crippen molar-refractivity contribution >= 4 is 15.5 Å². The molecule has 0 saturated carbocycles. The SMILES string of the molecule is CS(=O)(=O)c1cccc(N)c1.[Cl-]. The van der Waals surface area contributed by atoms with Crippen molar-refractivity contribution in [2.75, 3.05) is 12.0 Å². The maximum absolute atomic E-state index is 10.9. The Kier molecular flexibility index (Phi) is 3.55. The molecule has 12 heavy (non-hydrogen) atoms. The summed E-state index contributed by atoms with van der Waals surface area (Å²) in [6, 6.07) is 6.22. The minimum atomic E-state index is -3.11. The predicted molar refractivity (Wildman–Crippen MR) is 44.0 cm³/mol. The Balaban J connectivity index is 0.00000121. The summed E-state index contributed by atoms with van der Waals surface area (Å²) < 4.78 is 21.9. The average molecular weight is 207 g/mol. The molecule has 1 rings (SSSR count). The number of nitrogens with two attached hydrogens (primary N) is 1. The van der Waals surface area contributed by atoms with Crippen molar-refractivity contribution in [2.45, 2.75) is 4.90 Å². The van der Waals surface area contributed by atoms with Crippen molar-refractivity contribution in [3.8, 4) is 0 Å². The predicted octanol–water partition coefficient (Wildman–Crippen LogP) is -2.32. The maximum atomic E-state index is 10.9. The standard InChI is InChI=1S/C7H9NO2S.ClH/c1-11(9,10)7-4-2-3-6(8)5-7;/h2-5H,8H2,1H3;1H/p-1. The highest BCUT2D eigenvalue weighted by Crippen LogP contribution is 2.11. The number of anilines is 1. The lowest BCUT2D eigenvalue weighted by Crippen LogP contribution is -3.00. The van der Waals surface area contributed by atoms with E-state index >= 15 is 0 Å². The monoisotopic (exact) mass is 206 g/mol. The molecule has 0 aliphatic rings. The van der Waals surface area contributed by atoms with Gasteiger partial charge in [-0.3, -0.25) is 0 Å². The Bertz CT molecular complexity index is 361. The van der Waals surface area contributed by atoms with Gasteiger partial charge in [0, 0.05) is 11.9 Å². The van der Waals surface area contributed by atoms with Gasteiger partial charge in [0.2, 0.25) is 0 Å². The molecule has 0 aliphatic heterocycles. The van der Waals surface area contributed by atoms with Gasteiger partial charge in [0.15, 0.2) is 9.84 Å². The molecule has 2 N–H and O–H groups in total. The highest BCUT2D eigenvalue weighted by atomic mass is 35.5. The topological polar surface area (TPSA) is 60.2 Å². The first-order valence-electron chi connectivity index (χ1n) is 3.06. The van der Waals surface area contributed by atoms with E-state index in [0.29, 0.717) is 5.69 Å². The fourth-order valence-electron chi connectivity index (χ4n) is 0.745. The van der Waals surface area contributed by atoms with Crippen LogP contribution in [-0.2, 0) is 9.84 Å². The highest BCUT2D eigenvalue weighted by molar-refractivity contribution is 7.90. The summed E-state index contributed by atoms with van der Waals surface area (Å²) in [4.78, 5) is 0.262. The van der Waals surface area contributed by atoms with Crippen molar-refractivity contribution in [2.24, 2.45) is 0 Å². The minimum absolute atomic E-state index is 0. The third kappa shape index (κ3) is 2.71. The van der Waals surface area contributed by atoms with Gasteiger partial charge in [-0.1, -0.05) is 6.07 Å². The van der Waals surface area contributed by atoms with E-state index in [1.807, 2.05) is 0 Å². The summed E-state index contributed by atoms with van der Waals surface area (Å²) in [6.07, 6.45) is 1.15. The molecule has 0 atom stereocenters. The molecule has 0 aromatic heterocycles. The molecule has 3 nitrogen and oxygen atoms in total. The number of benzene rings is 1. The van der Waals surface area contributed by atoms with Crippen LogP contribution in [0, 0.1) is 0 Å². The van der Waals surface area contributed by atoms with Gasteiger partial charge in [-0.25, -0.2) is 8.42 Å². The van der Waals surface area contributed by atoms with Crippen molar-refractivity contribution in [3.63, 3.8) is 0 Å². The summed E-state index contributed by atoms with van der Waals surface area (Å²) in [5.41, 5.74) is 5.86. The summed E-state index contributed by atoms with van der Waals surface area (Å²) in [7, 11) is -3.11. The summed E-state index contributed by atoms with van der Waals surface area (Å²) in [5.74, 6) is 0. The van der Waals surface area contributed by atoms with Gasteiger partial charge in [0.1, 0.15) is 0 Å². The van der Waals surface area contributed by atoms with Gasteiger partial charge in [-0.05, 0) is 18.2 Å². The Morgan fingerprint density at radius 2 is 1.92 bits per heavy atom. The van der Waals surface area contributed by atoms with Crippen LogP contribution in [0.2, 0.25) is 0 Å². The minimum Gasteiger partial charge on any atom is -1.00 e. The largest absolute Gasteiger partial charge is 1.00 e. The fraction of sp³-hybridized carbons (Fsp3) is 0.143. The molecule has 0 aliphatic carbocycles. The van der Waals surface area contributed by atoms with Crippen molar-refractivity contribution in [1.82, 2.24) is 0 Å². The zero-order valence-electron chi connectivity index (χ0n) is 6.49. The molecule has 0 bridgehead atoms. The second-order valence-electron chi connectivity index (χ2n) is 2.34. The van der Waals surface area contributed by atoms with E-state index in [-0.39, 0.29) is 17.3 Å². The molecule has 1 aromatic rings. The van der Waals surface area contributed by atoms with Crippen LogP contribution in [0.5, 0.6) is 0 Å². The van der Waals surface area contributed by atoms with E-state index < -0.39 is 9.84 Å². The lowest BCUT2D eigenvalue weighted by Gasteiger charge is -1.97. The van der Waals surface area contributed by atoms with Crippen molar-refractivity contribution in [3.05, 3.63) is 24.3 Å². The molecule has 0 amide bonds. The molecule has 0 spiro atoms. The molecule has 0 radical (unpaired) electrons. The molecule has 1 aromatic carbocycles. The second-order valence-corrected chi connectivity index (χ2v) is 4.36. The Morgan fingerprint density at radius 1 is 1.33 bits per heavy atom. The van der Waals surface area contributed by atoms with Crippen molar-refractivity contribution < 1.29 is 20.8 Å². The molecule has 68 valence electrons. The van der Waals surface area contributed by atoms with Crippen LogP contribution in [0.1, 0.15) is 0 Å². The van der Waals surface area contributed by atoms with Gasteiger partial charge in [-0.2, -0.15) is 0 Å². The summed E-state index contributed by atoms with van der Waals surface area (Å²) in [5, 5.41) is 0. The number of hydrogen-bond donors (Lipinski definition) is 1. The number of rotatable bonds is 1. The smallest absolute Gasteiger partial charge is 0.175 e. The van der Waals surface area contributed by atoms with Crippen LogP contribution >= 0.6 is 0 Å². The van der Waals surface area contributed by atoms with E-state index in [1.165, 1.54) is 12.1 Å². The first-order chi connectivity index (χ1) is 5.00. The number of sulfone groups is 1. The van der Waals surface area contributed by atoms with Crippen LogP contribution in [0.4, 0.5) is 5.69 Å². The van der Waals surface area contributed by atoms with Crippen LogP contribution in [0.15, 0.2) is 29.2 Å². The molecular formula is C7H9ClNO2S-. The molecule has 0 saturated heterocycles. The van der Waals surface area contributed by atoms with E-state index in [2.05, 4.69) is 0 Å². The first kappa shape index (κ1) is 11.3. The number of halogens is 1. The molecule has 0 unspecified atom stereocenters. The summed E-state index contributed by atoms with van der Waals surface area (Å²) >= 11 is 0.